The summed E-state index contributed by atoms with van der Waals surface area (Å²) in [5.74, 6) is 0.0537. The zero-order valence-electron chi connectivity index (χ0n) is 20.7. The number of carbonyl (C=O) groups excluding carboxylic acids is 1. The number of quaternary nitrogens is 2. The van der Waals surface area contributed by atoms with E-state index >= 15 is 0 Å². The Kier molecular flexibility index (Phi) is 11.1. The fourth-order valence-corrected chi connectivity index (χ4v) is 4.00. The van der Waals surface area contributed by atoms with Gasteiger partial charge in [0.25, 0.3) is 0 Å². The fraction of sp³-hybridized carbons (Fsp3) is 0.720. The van der Waals surface area contributed by atoms with Crippen LogP contribution in [0.2, 0.25) is 0 Å². The van der Waals surface area contributed by atoms with Crippen LogP contribution in [0.3, 0.4) is 0 Å². The molecule has 0 aromatic heterocycles. The second kappa shape index (κ2) is 12.5. The van der Waals surface area contributed by atoms with Gasteiger partial charge < -0.3 is 24.6 Å². The molecule has 0 spiro atoms. The smallest absolute Gasteiger partial charge is 0.223 e. The fourth-order valence-electron chi connectivity index (χ4n) is 4.00. The summed E-state index contributed by atoms with van der Waals surface area (Å²) in [6.07, 6.45) is 6.68. The van der Waals surface area contributed by atoms with E-state index in [-0.39, 0.29) is 11.3 Å². The van der Waals surface area contributed by atoms with Crippen molar-refractivity contribution in [3.05, 3.63) is 46.3 Å². The van der Waals surface area contributed by atoms with E-state index in [4.69, 9.17) is 0 Å². The van der Waals surface area contributed by atoms with Crippen molar-refractivity contribution in [3.63, 3.8) is 0 Å². The van der Waals surface area contributed by atoms with E-state index in [1.807, 2.05) is 6.07 Å². The van der Waals surface area contributed by atoms with Crippen molar-refractivity contribution >= 4 is 5.91 Å². The van der Waals surface area contributed by atoms with E-state index in [0.29, 0.717) is 32.6 Å². The van der Waals surface area contributed by atoms with Crippen molar-refractivity contribution in [2.24, 2.45) is 0 Å². The maximum absolute atomic E-state index is 13.6. The number of amides is 1. The van der Waals surface area contributed by atoms with Gasteiger partial charge in [-0.2, -0.15) is 0 Å². The third kappa shape index (κ3) is 10.6. The largest absolute Gasteiger partial charge is 0.633 e. The number of carbonyl (C=O) groups is 1. The van der Waals surface area contributed by atoms with Gasteiger partial charge in [0.05, 0.1) is 54.4 Å². The van der Waals surface area contributed by atoms with Gasteiger partial charge in [-0.3, -0.25) is 4.79 Å². The van der Waals surface area contributed by atoms with E-state index in [0.717, 1.165) is 38.5 Å². The summed E-state index contributed by atoms with van der Waals surface area (Å²) >= 11 is 0. The third-order valence-corrected chi connectivity index (χ3v) is 6.06. The van der Waals surface area contributed by atoms with Gasteiger partial charge in [-0.1, -0.05) is 69.9 Å². The third-order valence-electron chi connectivity index (χ3n) is 6.06. The Morgan fingerprint density at radius 2 is 1.32 bits per heavy atom. The second-order valence-corrected chi connectivity index (χ2v) is 10.0. The average Bonchev–Trinajstić information content (AvgIpc) is 2.69. The Hall–Kier alpha value is -1.47. The molecule has 0 radical (unpaired) electrons. The molecule has 178 valence electrons. The number of hydroxylamine groups is 6. The van der Waals surface area contributed by atoms with Gasteiger partial charge >= 0.3 is 0 Å². The second-order valence-electron chi connectivity index (χ2n) is 10.0. The molecule has 0 atom stereocenters. The van der Waals surface area contributed by atoms with Gasteiger partial charge in [-0.05, 0) is 18.4 Å². The van der Waals surface area contributed by atoms with Crippen molar-refractivity contribution in [1.82, 2.24) is 4.90 Å². The zero-order chi connectivity index (χ0) is 23.5. The number of unbranched alkanes of at least 4 members (excludes halogenated alkanes) is 2. The highest BCUT2D eigenvalue weighted by Gasteiger charge is 2.35. The van der Waals surface area contributed by atoms with Gasteiger partial charge in [-0.15, -0.1) is 0 Å². The first-order valence-electron chi connectivity index (χ1n) is 11.8. The molecule has 0 unspecified atom stereocenters. The van der Waals surface area contributed by atoms with E-state index in [1.165, 1.54) is 5.56 Å². The van der Waals surface area contributed by atoms with Crippen LogP contribution >= 0.6 is 0 Å². The van der Waals surface area contributed by atoms with Crippen LogP contribution in [0.25, 0.3) is 0 Å². The van der Waals surface area contributed by atoms with Gasteiger partial charge in [0.2, 0.25) is 5.91 Å². The van der Waals surface area contributed by atoms with Crippen molar-refractivity contribution in [2.75, 3.05) is 54.4 Å². The van der Waals surface area contributed by atoms with Crippen LogP contribution in [-0.4, -0.2) is 74.5 Å². The molecule has 0 aliphatic rings. The molecule has 1 rings (SSSR count). The minimum Gasteiger partial charge on any atom is -0.633 e. The van der Waals surface area contributed by atoms with Gasteiger partial charge in [-0.25, -0.2) is 0 Å². The number of hydrogen-bond donors (Lipinski definition) is 0. The van der Waals surface area contributed by atoms with Gasteiger partial charge in [0, 0.05) is 11.8 Å². The minimum atomic E-state index is -0.450. The first-order valence-corrected chi connectivity index (χ1v) is 11.8. The molecular formula is C25H45N3O3. The molecular weight excluding hydrogens is 390 g/mol. The molecule has 6 nitrogen and oxygen atoms in total. The Balaban J connectivity index is 3.18. The molecule has 0 aliphatic heterocycles. The van der Waals surface area contributed by atoms with E-state index in [2.05, 4.69) is 38.1 Å². The van der Waals surface area contributed by atoms with Crippen molar-refractivity contribution < 1.29 is 14.1 Å². The summed E-state index contributed by atoms with van der Waals surface area (Å²) in [7, 11) is 6.36. The van der Waals surface area contributed by atoms with Crippen LogP contribution in [0.4, 0.5) is 0 Å². The van der Waals surface area contributed by atoms with E-state index in [9.17, 15) is 15.2 Å². The lowest BCUT2D eigenvalue weighted by Crippen LogP contribution is -2.48. The van der Waals surface area contributed by atoms with Crippen LogP contribution in [0.15, 0.2) is 30.3 Å². The molecule has 0 N–H and O–H groups in total. The highest BCUT2D eigenvalue weighted by Crippen LogP contribution is 2.39. The van der Waals surface area contributed by atoms with Crippen LogP contribution in [-0.2, 0) is 10.2 Å². The Morgan fingerprint density at radius 3 is 1.71 bits per heavy atom. The molecule has 0 heterocycles. The summed E-state index contributed by atoms with van der Waals surface area (Å²) in [6, 6.07) is 10.4. The lowest BCUT2D eigenvalue weighted by Gasteiger charge is -2.40. The lowest BCUT2D eigenvalue weighted by molar-refractivity contribution is -0.842. The molecule has 0 saturated heterocycles. The monoisotopic (exact) mass is 435 g/mol. The average molecular weight is 436 g/mol. The summed E-state index contributed by atoms with van der Waals surface area (Å²) in [5.41, 5.74) is 1.02. The number of nitrogens with zero attached hydrogens (tertiary/aromatic N) is 3. The number of benzene rings is 1. The maximum atomic E-state index is 13.6. The van der Waals surface area contributed by atoms with Crippen LogP contribution in [0, 0.1) is 10.4 Å². The number of rotatable bonds is 15. The molecule has 0 bridgehead atoms. The van der Waals surface area contributed by atoms with Gasteiger partial charge in [0.1, 0.15) is 0 Å². The molecule has 1 amide bonds. The first kappa shape index (κ1) is 27.6. The maximum Gasteiger partial charge on any atom is 0.223 e. The summed E-state index contributed by atoms with van der Waals surface area (Å²) in [5, 5.41) is 24.3. The Bertz CT molecular complexity index is 610. The summed E-state index contributed by atoms with van der Waals surface area (Å²) in [4.78, 5) is 15.4. The zero-order valence-corrected chi connectivity index (χ0v) is 20.7. The van der Waals surface area contributed by atoms with Crippen LogP contribution in [0.1, 0.15) is 64.4 Å². The predicted octanol–water partition coefficient (Wildman–Crippen LogP) is 4.67. The van der Waals surface area contributed by atoms with E-state index in [1.54, 1.807) is 33.1 Å². The molecule has 0 aliphatic carbocycles. The topological polar surface area (TPSA) is 66.4 Å². The lowest BCUT2D eigenvalue weighted by atomic mass is 9.70. The predicted molar refractivity (Wildman–Crippen MR) is 129 cm³/mol. The quantitative estimate of drug-likeness (QED) is 0.297. The van der Waals surface area contributed by atoms with Crippen molar-refractivity contribution in [1.29, 1.82) is 0 Å². The molecule has 1 aromatic carbocycles. The molecule has 31 heavy (non-hydrogen) atoms. The summed E-state index contributed by atoms with van der Waals surface area (Å²) < 4.78 is -0.899. The van der Waals surface area contributed by atoms with Gasteiger partial charge in [0.15, 0.2) is 0 Å². The Labute approximate surface area is 190 Å². The molecule has 6 heteroatoms. The Morgan fingerprint density at radius 1 is 0.871 bits per heavy atom. The van der Waals surface area contributed by atoms with E-state index < -0.39 is 9.29 Å². The standard InChI is InChI=1S/C25H45N3O3/c1-7-9-16-25(17-10-8-2,23-14-12-11-13-15-23)22-24(29)26(18-20-27(3,4)30)19-21-28(5,6)31/h11-15H,7-10,16-22H2,1-6H3. The highest BCUT2D eigenvalue weighted by atomic mass is 16.5. The summed E-state index contributed by atoms with van der Waals surface area (Å²) in [6.45, 7) is 5.77. The minimum absolute atomic E-state index is 0.0537. The molecule has 1 aromatic rings. The van der Waals surface area contributed by atoms with Crippen LogP contribution in [0.5, 0.6) is 0 Å². The highest BCUT2D eigenvalue weighted by molar-refractivity contribution is 5.78. The van der Waals surface area contributed by atoms with Crippen molar-refractivity contribution in [2.45, 2.75) is 64.2 Å². The molecule has 0 fully saturated rings. The normalized spacial score (nSPS) is 12.8. The number of likely N-dealkylation sites (N-methyl/N-ethyl adjacent to an activating group) is 2. The van der Waals surface area contributed by atoms with Crippen LogP contribution < -0.4 is 0 Å². The molecule has 0 saturated carbocycles. The number of hydrogen-bond acceptors (Lipinski definition) is 3. The first-order chi connectivity index (χ1) is 14.4. The SMILES string of the molecule is CCCCC(CCCC)(CC(=O)N(CC[N+](C)(C)[O-])CC[N+](C)(C)[O-])c1ccccc1. The van der Waals surface area contributed by atoms with Crippen molar-refractivity contribution in [3.8, 4) is 0 Å².